The number of carbonyl (C=O) groups is 11. The summed E-state index contributed by atoms with van der Waals surface area (Å²) >= 11 is 0. The Morgan fingerprint density at radius 1 is 0.589 bits per heavy atom. The average molecular weight is 1020 g/mol. The van der Waals surface area contributed by atoms with E-state index in [1.54, 1.807) is 74.5 Å². The van der Waals surface area contributed by atoms with Crippen molar-refractivity contribution >= 4 is 65.1 Å². The number of aliphatic hydroxyl groups is 1. The molecule has 1 aliphatic heterocycles. The first-order chi connectivity index (χ1) is 34.3. The molecule has 10 atom stereocenters. The Morgan fingerprint density at radius 3 is 1.60 bits per heavy atom. The van der Waals surface area contributed by atoms with E-state index in [1.807, 2.05) is 0 Å². The molecule has 24 heteroatoms. The summed E-state index contributed by atoms with van der Waals surface area (Å²) < 4.78 is 0. The second-order valence-electron chi connectivity index (χ2n) is 18.7. The lowest BCUT2D eigenvalue weighted by atomic mass is 10.0. The standard InChI is InChI=1S/C49H70N10O14/c1-25(2)38(50)48(71)59-20-14-19-35(59)45(68)58-40(29(7)60)47(70)55-33(23-37(62)63)44(67)57-39(26(3)4)46(69)51-24-36(61)52-27(5)41(64)54-32(21-30-15-10-8-11-16-30)43(66)53-28(6)42(65)56-34(49(72)73)22-31-17-12-9-13-18-31/h8-13,15-18,25-29,32-35,38-40,60H,14,19-24,50H2,1-7H3,(H,51,69)(H,52,61)(H,53,66)(H,54,64)(H,55,70)(H,56,65)(H,57,67)(H,58,68)(H,62,63)(H,72,73)/t27-,28-,29+,32-,33-,34-,35-,38-,39-,40-/m0/s1. The van der Waals surface area contributed by atoms with E-state index in [4.69, 9.17) is 5.73 Å². The molecule has 0 saturated carbocycles. The van der Waals surface area contributed by atoms with Gasteiger partial charge >= 0.3 is 11.9 Å². The van der Waals surface area contributed by atoms with Gasteiger partial charge in [0.2, 0.25) is 53.2 Å². The van der Waals surface area contributed by atoms with Gasteiger partial charge in [-0.3, -0.25) is 47.9 Å². The zero-order valence-electron chi connectivity index (χ0n) is 42.0. The van der Waals surface area contributed by atoms with Crippen LogP contribution in [-0.4, -0.2) is 159 Å². The maximum absolute atomic E-state index is 13.6. The summed E-state index contributed by atoms with van der Waals surface area (Å²) in [6.07, 6.45) is -1.92. The van der Waals surface area contributed by atoms with Crippen molar-refractivity contribution in [1.82, 2.24) is 47.4 Å². The zero-order chi connectivity index (χ0) is 54.7. The molecule has 2 aromatic carbocycles. The summed E-state index contributed by atoms with van der Waals surface area (Å²) in [5.74, 6) is -11.5. The summed E-state index contributed by atoms with van der Waals surface area (Å²) in [6, 6.07) is 5.15. The number of carboxylic acid groups (broad SMARTS) is 2. The lowest BCUT2D eigenvalue weighted by molar-refractivity contribution is -0.143. The van der Waals surface area contributed by atoms with Gasteiger partial charge < -0.3 is 68.5 Å². The summed E-state index contributed by atoms with van der Waals surface area (Å²) in [7, 11) is 0. The van der Waals surface area contributed by atoms with Gasteiger partial charge in [-0.05, 0) is 56.6 Å². The molecule has 0 aliphatic carbocycles. The third-order valence-electron chi connectivity index (χ3n) is 11.9. The number of aliphatic carboxylic acids is 2. The van der Waals surface area contributed by atoms with E-state index in [-0.39, 0.29) is 31.7 Å². The molecule has 1 heterocycles. The quantitative estimate of drug-likeness (QED) is 0.0444. The molecule has 24 nitrogen and oxygen atoms in total. The van der Waals surface area contributed by atoms with Crippen molar-refractivity contribution in [2.75, 3.05) is 13.1 Å². The highest BCUT2D eigenvalue weighted by atomic mass is 16.4. The lowest BCUT2D eigenvalue weighted by Gasteiger charge is -2.30. The summed E-state index contributed by atoms with van der Waals surface area (Å²) in [5.41, 5.74) is 7.32. The Kier molecular flexibility index (Phi) is 23.4. The second kappa shape index (κ2) is 28.5. The van der Waals surface area contributed by atoms with Crippen LogP contribution in [0, 0.1) is 11.8 Å². The van der Waals surface area contributed by atoms with Gasteiger partial charge in [0.1, 0.15) is 48.3 Å². The number of hydrogen-bond donors (Lipinski definition) is 12. The van der Waals surface area contributed by atoms with Gasteiger partial charge in [0.25, 0.3) is 0 Å². The molecule has 9 amide bonds. The molecule has 0 spiro atoms. The number of carboxylic acids is 2. The number of hydrogen-bond acceptors (Lipinski definition) is 13. The molecule has 2 aromatic rings. The van der Waals surface area contributed by atoms with Gasteiger partial charge in [0.05, 0.1) is 25.1 Å². The number of likely N-dealkylation sites (tertiary alicyclic amines) is 1. The van der Waals surface area contributed by atoms with E-state index in [9.17, 15) is 68.1 Å². The largest absolute Gasteiger partial charge is 0.481 e. The summed E-state index contributed by atoms with van der Waals surface area (Å²) in [4.78, 5) is 145. The number of aliphatic hydroxyl groups excluding tert-OH is 1. The van der Waals surface area contributed by atoms with Gasteiger partial charge in [-0.15, -0.1) is 0 Å². The molecule has 1 aliphatic rings. The van der Waals surface area contributed by atoms with Crippen LogP contribution < -0.4 is 48.3 Å². The third-order valence-corrected chi connectivity index (χ3v) is 11.9. The Morgan fingerprint density at radius 2 is 1.10 bits per heavy atom. The van der Waals surface area contributed by atoms with E-state index >= 15 is 0 Å². The Bertz CT molecular complexity index is 2280. The van der Waals surface area contributed by atoms with Crippen LogP contribution in [-0.2, 0) is 65.6 Å². The molecule has 0 unspecified atom stereocenters. The number of nitrogens with two attached hydrogens (primary N) is 1. The van der Waals surface area contributed by atoms with Crippen LogP contribution in [0.15, 0.2) is 60.7 Å². The van der Waals surface area contributed by atoms with Crippen molar-refractivity contribution in [3.05, 3.63) is 71.8 Å². The predicted molar refractivity (Wildman–Crippen MR) is 262 cm³/mol. The van der Waals surface area contributed by atoms with Gasteiger partial charge in [0.15, 0.2) is 0 Å². The Labute approximate surface area is 423 Å². The van der Waals surface area contributed by atoms with Crippen LogP contribution in [0.4, 0.5) is 0 Å². The minimum atomic E-state index is -1.84. The van der Waals surface area contributed by atoms with E-state index in [0.717, 1.165) is 0 Å². The number of nitrogens with one attached hydrogen (secondary N) is 8. The van der Waals surface area contributed by atoms with E-state index < -0.39 is 144 Å². The monoisotopic (exact) mass is 1020 g/mol. The lowest BCUT2D eigenvalue weighted by Crippen LogP contribution is -2.61. The predicted octanol–water partition coefficient (Wildman–Crippen LogP) is -2.41. The van der Waals surface area contributed by atoms with Gasteiger partial charge in [-0.25, -0.2) is 4.79 Å². The molecular weight excluding hydrogens is 953 g/mol. The molecule has 73 heavy (non-hydrogen) atoms. The van der Waals surface area contributed by atoms with Crippen LogP contribution in [0.5, 0.6) is 0 Å². The van der Waals surface area contributed by atoms with Gasteiger partial charge in [0, 0.05) is 19.4 Å². The van der Waals surface area contributed by atoms with Crippen molar-refractivity contribution in [2.45, 2.75) is 141 Å². The van der Waals surface area contributed by atoms with Crippen molar-refractivity contribution in [3.8, 4) is 0 Å². The number of carbonyl (C=O) groups excluding carboxylic acids is 9. The molecule has 1 fully saturated rings. The fourth-order valence-corrected chi connectivity index (χ4v) is 7.59. The number of benzene rings is 2. The van der Waals surface area contributed by atoms with Crippen LogP contribution in [0.3, 0.4) is 0 Å². The zero-order valence-corrected chi connectivity index (χ0v) is 42.0. The highest BCUT2D eigenvalue weighted by Gasteiger charge is 2.40. The molecule has 0 bridgehead atoms. The van der Waals surface area contributed by atoms with E-state index in [0.29, 0.717) is 17.5 Å². The SMILES string of the molecule is CC(C)[C@H](N)C(=O)N1CCC[C@H]1C(=O)N[C@H](C(=O)N[C@@H](CC(=O)O)C(=O)N[C@H](C(=O)NCC(=O)N[C@@H](C)C(=O)N[C@@H](Cc1ccccc1)C(=O)N[C@@H](C)C(=O)N[C@@H](Cc1ccccc1)C(=O)O)C(C)C)[C@@H](C)O. The highest BCUT2D eigenvalue weighted by Crippen LogP contribution is 2.20. The molecule has 0 radical (unpaired) electrons. The highest BCUT2D eigenvalue weighted by molar-refractivity contribution is 5.99. The van der Waals surface area contributed by atoms with Crippen LogP contribution in [0.1, 0.15) is 78.9 Å². The first-order valence-corrected chi connectivity index (χ1v) is 24.0. The van der Waals surface area contributed by atoms with Crippen molar-refractivity contribution in [2.24, 2.45) is 17.6 Å². The Balaban J connectivity index is 1.63. The van der Waals surface area contributed by atoms with Crippen molar-refractivity contribution in [1.29, 1.82) is 0 Å². The van der Waals surface area contributed by atoms with Crippen molar-refractivity contribution < 1.29 is 68.1 Å². The van der Waals surface area contributed by atoms with Crippen LogP contribution in [0.25, 0.3) is 0 Å². The Hall–Kier alpha value is -7.47. The minimum Gasteiger partial charge on any atom is -0.481 e. The normalized spacial score (nSPS) is 16.9. The fraction of sp³-hybridized carbons (Fsp3) is 0.531. The number of amides is 9. The number of nitrogens with zero attached hydrogens (tertiary/aromatic N) is 1. The van der Waals surface area contributed by atoms with Crippen LogP contribution >= 0.6 is 0 Å². The number of rotatable bonds is 27. The third kappa shape index (κ3) is 18.9. The molecule has 13 N–H and O–H groups in total. The summed E-state index contributed by atoms with van der Waals surface area (Å²) in [5, 5.41) is 49.1. The topological polar surface area (TPSA) is 374 Å². The maximum atomic E-state index is 13.6. The maximum Gasteiger partial charge on any atom is 0.326 e. The van der Waals surface area contributed by atoms with Crippen LogP contribution in [0.2, 0.25) is 0 Å². The van der Waals surface area contributed by atoms with E-state index in [2.05, 4.69) is 42.5 Å². The minimum absolute atomic E-state index is 0.0209. The first-order valence-electron chi connectivity index (χ1n) is 24.0. The van der Waals surface area contributed by atoms with E-state index in [1.165, 1.54) is 39.5 Å². The molecule has 1 saturated heterocycles. The molecule has 0 aromatic heterocycles. The van der Waals surface area contributed by atoms with Gasteiger partial charge in [-0.1, -0.05) is 88.4 Å². The second-order valence-corrected chi connectivity index (χ2v) is 18.7. The molecular formula is C49H70N10O14. The molecule has 400 valence electrons. The first kappa shape index (κ1) is 59.8. The van der Waals surface area contributed by atoms with Gasteiger partial charge in [-0.2, -0.15) is 0 Å². The average Bonchev–Trinajstić information content (AvgIpc) is 3.83. The smallest absolute Gasteiger partial charge is 0.326 e. The fourth-order valence-electron chi connectivity index (χ4n) is 7.59. The summed E-state index contributed by atoms with van der Waals surface area (Å²) in [6.45, 7) is 9.87. The van der Waals surface area contributed by atoms with Crippen molar-refractivity contribution in [3.63, 3.8) is 0 Å². The molecule has 3 rings (SSSR count).